The number of nitrogens with zero attached hydrogens (tertiary/aromatic N) is 1. The van der Waals surface area contributed by atoms with E-state index in [0.29, 0.717) is 56.0 Å². The van der Waals surface area contributed by atoms with Crippen LogP contribution < -0.4 is 15.4 Å². The Balaban J connectivity index is 2.27. The number of hydrogen-bond acceptors (Lipinski definition) is 4. The van der Waals surface area contributed by atoms with E-state index in [0.717, 1.165) is 0 Å². The SMILES string of the molecule is CCC(=O)N1CCOc2ccc(C(=O)CCCN)cc21. The third-order valence-electron chi connectivity index (χ3n) is 3.36. The topological polar surface area (TPSA) is 72.6 Å². The zero-order valence-electron chi connectivity index (χ0n) is 11.7. The molecule has 1 aromatic carbocycles. The molecule has 0 aromatic heterocycles. The molecule has 5 nitrogen and oxygen atoms in total. The van der Waals surface area contributed by atoms with Crippen LogP contribution in [0.3, 0.4) is 0 Å². The first-order valence-electron chi connectivity index (χ1n) is 6.97. The highest BCUT2D eigenvalue weighted by Crippen LogP contribution is 2.33. The summed E-state index contributed by atoms with van der Waals surface area (Å²) in [5, 5.41) is 0. The molecule has 1 aliphatic heterocycles. The summed E-state index contributed by atoms with van der Waals surface area (Å²) < 4.78 is 5.54. The van der Waals surface area contributed by atoms with Crippen LogP contribution in [0.25, 0.3) is 0 Å². The van der Waals surface area contributed by atoms with E-state index in [-0.39, 0.29) is 11.7 Å². The van der Waals surface area contributed by atoms with Gasteiger partial charge in [-0.05, 0) is 31.2 Å². The van der Waals surface area contributed by atoms with E-state index in [9.17, 15) is 9.59 Å². The molecule has 0 radical (unpaired) electrons. The maximum Gasteiger partial charge on any atom is 0.226 e. The van der Waals surface area contributed by atoms with Gasteiger partial charge in [-0.1, -0.05) is 6.92 Å². The number of fused-ring (bicyclic) bond motifs is 1. The van der Waals surface area contributed by atoms with Crippen LogP contribution in [-0.2, 0) is 4.79 Å². The van der Waals surface area contributed by atoms with Crippen LogP contribution in [0.2, 0.25) is 0 Å². The van der Waals surface area contributed by atoms with Gasteiger partial charge in [0.1, 0.15) is 12.4 Å². The number of carbonyl (C=O) groups is 2. The predicted molar refractivity (Wildman–Crippen MR) is 77.2 cm³/mol. The van der Waals surface area contributed by atoms with Crippen LogP contribution in [0.1, 0.15) is 36.5 Å². The normalized spacial score (nSPS) is 13.6. The molecule has 2 rings (SSSR count). The van der Waals surface area contributed by atoms with Gasteiger partial charge < -0.3 is 15.4 Å². The van der Waals surface area contributed by atoms with Crippen molar-refractivity contribution < 1.29 is 14.3 Å². The molecule has 0 bridgehead atoms. The highest BCUT2D eigenvalue weighted by atomic mass is 16.5. The lowest BCUT2D eigenvalue weighted by atomic mass is 10.0. The Morgan fingerprint density at radius 1 is 1.40 bits per heavy atom. The average molecular weight is 276 g/mol. The predicted octanol–water partition coefficient (Wildman–Crippen LogP) is 1.74. The molecule has 2 N–H and O–H groups in total. The summed E-state index contributed by atoms with van der Waals surface area (Å²) in [6, 6.07) is 5.26. The smallest absolute Gasteiger partial charge is 0.226 e. The largest absolute Gasteiger partial charge is 0.490 e. The lowest BCUT2D eigenvalue weighted by molar-refractivity contribution is -0.118. The van der Waals surface area contributed by atoms with Crippen molar-refractivity contribution in [2.75, 3.05) is 24.6 Å². The second-order valence-electron chi connectivity index (χ2n) is 4.75. The summed E-state index contributed by atoms with van der Waals surface area (Å²) in [5.74, 6) is 0.752. The Hall–Kier alpha value is -1.88. The number of hydrogen-bond donors (Lipinski definition) is 1. The molecule has 0 spiro atoms. The van der Waals surface area contributed by atoms with Crippen molar-refractivity contribution in [3.05, 3.63) is 23.8 Å². The second kappa shape index (κ2) is 6.52. The number of ketones is 1. The molecule has 0 saturated heterocycles. The number of nitrogens with two attached hydrogens (primary N) is 1. The molecule has 0 saturated carbocycles. The maximum absolute atomic E-state index is 12.0. The molecule has 5 heteroatoms. The molecule has 0 aliphatic carbocycles. The standard InChI is InChI=1S/C15H20N2O3/c1-2-15(19)17-8-9-20-14-6-5-11(10-12(14)17)13(18)4-3-7-16/h5-6,10H,2-4,7-9,16H2,1H3. The van der Waals surface area contributed by atoms with Gasteiger partial charge in [-0.3, -0.25) is 9.59 Å². The fraction of sp³-hybridized carbons (Fsp3) is 0.467. The minimum atomic E-state index is 0.0427. The van der Waals surface area contributed by atoms with E-state index in [2.05, 4.69) is 0 Å². The average Bonchev–Trinajstić information content (AvgIpc) is 2.50. The quantitative estimate of drug-likeness (QED) is 0.831. The molecule has 1 amide bonds. The Morgan fingerprint density at radius 2 is 2.20 bits per heavy atom. The highest BCUT2D eigenvalue weighted by molar-refractivity contribution is 6.00. The maximum atomic E-state index is 12.0. The number of benzene rings is 1. The monoisotopic (exact) mass is 276 g/mol. The first kappa shape index (κ1) is 14.5. The molecule has 20 heavy (non-hydrogen) atoms. The molecule has 0 fully saturated rings. The van der Waals surface area contributed by atoms with Crippen LogP contribution in [0.15, 0.2) is 18.2 Å². The van der Waals surface area contributed by atoms with Crippen LogP contribution >= 0.6 is 0 Å². The van der Waals surface area contributed by atoms with E-state index in [1.165, 1.54) is 0 Å². The van der Waals surface area contributed by atoms with Crippen LogP contribution in [0.4, 0.5) is 5.69 Å². The Labute approximate surface area is 118 Å². The van der Waals surface area contributed by atoms with Gasteiger partial charge in [0.05, 0.1) is 12.2 Å². The number of Topliss-reactive ketones (excluding diaryl/α,β-unsaturated/α-hetero) is 1. The van der Waals surface area contributed by atoms with Crippen molar-refractivity contribution in [1.29, 1.82) is 0 Å². The Bertz CT molecular complexity index is 514. The fourth-order valence-electron chi connectivity index (χ4n) is 2.25. The van der Waals surface area contributed by atoms with Gasteiger partial charge in [0.25, 0.3) is 0 Å². The molecule has 0 atom stereocenters. The highest BCUT2D eigenvalue weighted by Gasteiger charge is 2.23. The number of anilines is 1. The van der Waals surface area contributed by atoms with E-state index in [4.69, 9.17) is 10.5 Å². The lowest BCUT2D eigenvalue weighted by Gasteiger charge is -2.29. The summed E-state index contributed by atoms with van der Waals surface area (Å²) in [6.45, 7) is 3.34. The molecule has 108 valence electrons. The number of amides is 1. The van der Waals surface area contributed by atoms with Crippen molar-refractivity contribution in [3.63, 3.8) is 0 Å². The first-order chi connectivity index (χ1) is 9.67. The Kier molecular flexibility index (Phi) is 4.74. The zero-order chi connectivity index (χ0) is 14.5. The van der Waals surface area contributed by atoms with Gasteiger partial charge in [0, 0.05) is 18.4 Å². The van der Waals surface area contributed by atoms with Crippen LogP contribution in [0.5, 0.6) is 5.75 Å². The van der Waals surface area contributed by atoms with E-state index >= 15 is 0 Å². The molecular formula is C15H20N2O3. The van der Waals surface area contributed by atoms with Crippen LogP contribution in [0, 0.1) is 0 Å². The van der Waals surface area contributed by atoms with Crippen molar-refractivity contribution in [3.8, 4) is 5.75 Å². The second-order valence-corrected chi connectivity index (χ2v) is 4.75. The molecular weight excluding hydrogens is 256 g/mol. The third-order valence-corrected chi connectivity index (χ3v) is 3.36. The molecule has 0 unspecified atom stereocenters. The van der Waals surface area contributed by atoms with Gasteiger partial charge in [0.15, 0.2) is 5.78 Å². The van der Waals surface area contributed by atoms with E-state index in [1.54, 1.807) is 23.1 Å². The third kappa shape index (κ3) is 2.99. The minimum absolute atomic E-state index is 0.0427. The molecule has 1 heterocycles. The van der Waals surface area contributed by atoms with Gasteiger partial charge >= 0.3 is 0 Å². The summed E-state index contributed by atoms with van der Waals surface area (Å²) in [5.41, 5.74) is 6.72. The van der Waals surface area contributed by atoms with E-state index in [1.807, 2.05) is 6.92 Å². The summed E-state index contributed by atoms with van der Waals surface area (Å²) in [4.78, 5) is 25.7. The van der Waals surface area contributed by atoms with E-state index < -0.39 is 0 Å². The van der Waals surface area contributed by atoms with Crippen molar-refractivity contribution in [2.45, 2.75) is 26.2 Å². The summed E-state index contributed by atoms with van der Waals surface area (Å²) >= 11 is 0. The Morgan fingerprint density at radius 3 is 2.90 bits per heavy atom. The van der Waals surface area contributed by atoms with Crippen molar-refractivity contribution in [1.82, 2.24) is 0 Å². The van der Waals surface area contributed by atoms with Crippen LogP contribution in [-0.4, -0.2) is 31.4 Å². The van der Waals surface area contributed by atoms with Crippen molar-refractivity contribution in [2.24, 2.45) is 5.73 Å². The summed E-state index contributed by atoms with van der Waals surface area (Å²) in [6.07, 6.45) is 1.53. The van der Waals surface area contributed by atoms with Gasteiger partial charge in [-0.15, -0.1) is 0 Å². The molecule has 1 aliphatic rings. The number of ether oxygens (including phenoxy) is 1. The van der Waals surface area contributed by atoms with Gasteiger partial charge in [0.2, 0.25) is 5.91 Å². The lowest BCUT2D eigenvalue weighted by Crippen LogP contribution is -2.37. The fourth-order valence-corrected chi connectivity index (χ4v) is 2.25. The first-order valence-corrected chi connectivity index (χ1v) is 6.97. The minimum Gasteiger partial charge on any atom is -0.490 e. The van der Waals surface area contributed by atoms with Gasteiger partial charge in [-0.2, -0.15) is 0 Å². The zero-order valence-corrected chi connectivity index (χ0v) is 11.7. The van der Waals surface area contributed by atoms with Gasteiger partial charge in [-0.25, -0.2) is 0 Å². The molecule has 1 aromatic rings. The van der Waals surface area contributed by atoms with Crippen molar-refractivity contribution >= 4 is 17.4 Å². The summed E-state index contributed by atoms with van der Waals surface area (Å²) in [7, 11) is 0. The number of rotatable bonds is 5. The number of carbonyl (C=O) groups excluding carboxylic acids is 2.